The molecule has 0 radical (unpaired) electrons. The lowest BCUT2D eigenvalue weighted by Crippen LogP contribution is -2.20. The summed E-state index contributed by atoms with van der Waals surface area (Å²) >= 11 is 5.07. The van der Waals surface area contributed by atoms with Crippen LogP contribution in [0.2, 0.25) is 0 Å². The number of carbonyl (C=O) groups is 1. The maximum atomic E-state index is 11.3. The number of aromatic nitrogens is 2. The fourth-order valence-electron chi connectivity index (χ4n) is 2.73. The average Bonchev–Trinajstić information content (AvgIpc) is 3.09. The van der Waals surface area contributed by atoms with Crippen molar-refractivity contribution in [1.29, 1.82) is 0 Å². The highest BCUT2D eigenvalue weighted by atomic mass is 79.9. The summed E-state index contributed by atoms with van der Waals surface area (Å²) in [5.74, 6) is 1.03. The molecule has 0 spiro atoms. The first-order valence-electron chi connectivity index (χ1n) is 8.42. The number of thiophene rings is 1. The van der Waals surface area contributed by atoms with Gasteiger partial charge in [-0.3, -0.25) is 10.0 Å². The summed E-state index contributed by atoms with van der Waals surface area (Å²) in [7, 11) is 0. The van der Waals surface area contributed by atoms with Gasteiger partial charge in [0.1, 0.15) is 5.82 Å². The van der Waals surface area contributed by atoms with E-state index in [9.17, 15) is 4.79 Å². The van der Waals surface area contributed by atoms with Crippen LogP contribution in [0, 0.1) is 6.92 Å². The number of hydrogen-bond acceptors (Lipinski definition) is 6. The van der Waals surface area contributed by atoms with Gasteiger partial charge in [-0.2, -0.15) is 0 Å². The third kappa shape index (κ3) is 4.71. The topological polar surface area (TPSA) is 87.1 Å². The molecule has 3 N–H and O–H groups in total. The molecular formula is C19H19BrN4O2S. The van der Waals surface area contributed by atoms with Crippen LogP contribution < -0.4 is 10.8 Å². The Labute approximate surface area is 169 Å². The molecule has 0 aliphatic carbocycles. The molecule has 0 aliphatic rings. The Balaban J connectivity index is 1.89. The molecule has 1 aromatic carbocycles. The van der Waals surface area contributed by atoms with Gasteiger partial charge in [0.25, 0.3) is 0 Å². The van der Waals surface area contributed by atoms with Crippen LogP contribution in [0.25, 0.3) is 10.7 Å². The fraction of sp³-hybridized carbons (Fsp3) is 0.211. The van der Waals surface area contributed by atoms with E-state index in [2.05, 4.69) is 33.2 Å². The maximum Gasteiger partial charge on any atom is 0.247 e. The van der Waals surface area contributed by atoms with Crippen molar-refractivity contribution in [2.24, 2.45) is 0 Å². The van der Waals surface area contributed by atoms with Crippen LogP contribution in [0.4, 0.5) is 11.5 Å². The third-order valence-corrected chi connectivity index (χ3v) is 5.69. The molecule has 2 aromatic heterocycles. The van der Waals surface area contributed by atoms with E-state index in [-0.39, 0.29) is 6.42 Å². The lowest BCUT2D eigenvalue weighted by Gasteiger charge is -2.14. The molecule has 3 rings (SSSR count). The van der Waals surface area contributed by atoms with Gasteiger partial charge in [0.05, 0.1) is 15.1 Å². The molecule has 0 atom stereocenters. The van der Waals surface area contributed by atoms with Crippen molar-refractivity contribution in [3.63, 3.8) is 0 Å². The number of hydroxylamine groups is 1. The monoisotopic (exact) mass is 446 g/mol. The second-order valence-electron chi connectivity index (χ2n) is 5.95. The molecule has 2 heterocycles. The predicted molar refractivity (Wildman–Crippen MR) is 111 cm³/mol. The summed E-state index contributed by atoms with van der Waals surface area (Å²) in [6.07, 6.45) is 0.943. The summed E-state index contributed by atoms with van der Waals surface area (Å²) in [4.78, 5) is 21.7. The van der Waals surface area contributed by atoms with E-state index in [1.807, 2.05) is 43.3 Å². The number of halogens is 1. The first-order chi connectivity index (χ1) is 13.0. The second kappa shape index (κ2) is 8.60. The van der Waals surface area contributed by atoms with Crippen LogP contribution in [0.5, 0.6) is 0 Å². The summed E-state index contributed by atoms with van der Waals surface area (Å²) in [5, 5.41) is 12.0. The number of nitrogens with one attached hydrogen (secondary N) is 2. The highest BCUT2D eigenvalue weighted by Crippen LogP contribution is 2.32. The molecule has 0 fully saturated rings. The number of amides is 1. The van der Waals surface area contributed by atoms with Crippen molar-refractivity contribution in [3.05, 3.63) is 57.0 Å². The number of benzene rings is 1. The zero-order chi connectivity index (χ0) is 19.4. The first-order valence-corrected chi connectivity index (χ1v) is 10.0. The zero-order valence-electron chi connectivity index (χ0n) is 14.9. The number of nitrogens with zero attached hydrogens (tertiary/aromatic N) is 2. The number of hydrogen-bond donors (Lipinski definition) is 3. The van der Waals surface area contributed by atoms with Gasteiger partial charge in [-0.15, -0.1) is 11.3 Å². The minimum Gasteiger partial charge on any atom is -0.340 e. The van der Waals surface area contributed by atoms with E-state index in [0.29, 0.717) is 5.82 Å². The van der Waals surface area contributed by atoms with E-state index in [0.717, 1.165) is 43.4 Å². The summed E-state index contributed by atoms with van der Waals surface area (Å²) < 4.78 is 1.04. The van der Waals surface area contributed by atoms with Gasteiger partial charge in [0, 0.05) is 16.9 Å². The number of aryl methyl sites for hydroxylation is 1. The summed E-state index contributed by atoms with van der Waals surface area (Å²) in [5.41, 5.74) is 5.34. The Morgan fingerprint density at radius 3 is 2.52 bits per heavy atom. The maximum absolute atomic E-state index is 11.3. The Hall–Kier alpha value is -2.29. The van der Waals surface area contributed by atoms with Crippen LogP contribution in [-0.2, 0) is 17.6 Å². The Kier molecular flexibility index (Phi) is 6.20. The van der Waals surface area contributed by atoms with Crippen LogP contribution in [0.3, 0.4) is 0 Å². The summed E-state index contributed by atoms with van der Waals surface area (Å²) in [6.45, 7) is 4.07. The van der Waals surface area contributed by atoms with Crippen LogP contribution in [-0.4, -0.2) is 21.1 Å². The number of anilines is 2. The molecule has 3 aromatic rings. The third-order valence-electron chi connectivity index (χ3n) is 4.07. The van der Waals surface area contributed by atoms with Crippen molar-refractivity contribution in [3.8, 4) is 10.7 Å². The van der Waals surface area contributed by atoms with Gasteiger partial charge < -0.3 is 5.32 Å². The lowest BCUT2D eigenvalue weighted by molar-refractivity contribution is -0.128. The molecule has 8 heteroatoms. The molecule has 0 unspecified atom stereocenters. The SMILES string of the molecule is CCc1c(C)nc(-c2ccc(Br)s2)nc1Nc1ccc(CC(=O)NO)cc1. The van der Waals surface area contributed by atoms with Crippen molar-refractivity contribution in [1.82, 2.24) is 15.4 Å². The van der Waals surface area contributed by atoms with Crippen molar-refractivity contribution in [2.75, 3.05) is 5.32 Å². The van der Waals surface area contributed by atoms with E-state index >= 15 is 0 Å². The molecule has 0 bridgehead atoms. The van der Waals surface area contributed by atoms with Gasteiger partial charge in [0.15, 0.2) is 5.82 Å². The van der Waals surface area contributed by atoms with Crippen LogP contribution in [0.1, 0.15) is 23.7 Å². The van der Waals surface area contributed by atoms with Crippen LogP contribution in [0.15, 0.2) is 40.2 Å². The highest BCUT2D eigenvalue weighted by Gasteiger charge is 2.13. The summed E-state index contributed by atoms with van der Waals surface area (Å²) in [6, 6.07) is 11.4. The zero-order valence-corrected chi connectivity index (χ0v) is 17.3. The smallest absolute Gasteiger partial charge is 0.247 e. The van der Waals surface area contributed by atoms with Gasteiger partial charge in [0.2, 0.25) is 5.91 Å². The fourth-order valence-corrected chi connectivity index (χ4v) is 4.06. The first kappa shape index (κ1) is 19.5. The highest BCUT2D eigenvalue weighted by molar-refractivity contribution is 9.11. The van der Waals surface area contributed by atoms with Crippen LogP contribution >= 0.6 is 27.3 Å². The minimum atomic E-state index is -0.442. The molecule has 0 aliphatic heterocycles. The molecule has 140 valence electrons. The van der Waals surface area contributed by atoms with Gasteiger partial charge in [-0.25, -0.2) is 15.4 Å². The van der Waals surface area contributed by atoms with E-state index in [1.54, 1.807) is 16.8 Å². The van der Waals surface area contributed by atoms with Gasteiger partial charge in [-0.05, 0) is 59.1 Å². The van der Waals surface area contributed by atoms with Crippen molar-refractivity contribution in [2.45, 2.75) is 26.7 Å². The normalized spacial score (nSPS) is 10.7. The Morgan fingerprint density at radius 1 is 1.19 bits per heavy atom. The van der Waals surface area contributed by atoms with Crippen molar-refractivity contribution < 1.29 is 10.0 Å². The number of carbonyl (C=O) groups excluding carboxylic acids is 1. The lowest BCUT2D eigenvalue weighted by atomic mass is 10.1. The van der Waals surface area contributed by atoms with Crippen molar-refractivity contribution >= 4 is 44.7 Å². The predicted octanol–water partition coefficient (Wildman–Crippen LogP) is 4.63. The Morgan fingerprint density at radius 2 is 1.93 bits per heavy atom. The molecule has 6 nitrogen and oxygen atoms in total. The standard InChI is InChI=1S/C19H19BrN4O2S/c1-3-14-11(2)21-19(15-8-9-16(20)27-15)23-18(14)22-13-6-4-12(5-7-13)10-17(25)24-26/h4-9,26H,3,10H2,1-2H3,(H,24,25)(H,21,22,23). The van der Waals surface area contributed by atoms with Gasteiger partial charge in [-0.1, -0.05) is 19.1 Å². The average molecular weight is 447 g/mol. The second-order valence-corrected chi connectivity index (χ2v) is 8.41. The molecular weight excluding hydrogens is 428 g/mol. The van der Waals surface area contributed by atoms with E-state index in [4.69, 9.17) is 10.2 Å². The molecule has 27 heavy (non-hydrogen) atoms. The molecule has 0 saturated heterocycles. The number of rotatable bonds is 6. The molecule has 0 saturated carbocycles. The largest absolute Gasteiger partial charge is 0.340 e. The minimum absolute atomic E-state index is 0.126. The quantitative estimate of drug-likeness (QED) is 0.379. The van der Waals surface area contributed by atoms with Gasteiger partial charge >= 0.3 is 0 Å². The Bertz CT molecular complexity index is 957. The molecule has 1 amide bonds. The van der Waals surface area contributed by atoms with E-state index in [1.165, 1.54) is 0 Å². The van der Waals surface area contributed by atoms with E-state index < -0.39 is 5.91 Å².